The topological polar surface area (TPSA) is 150 Å². The molecule has 0 fully saturated rings. The van der Waals surface area contributed by atoms with Crippen LogP contribution in [0.2, 0.25) is 0 Å². The molecule has 170 valence electrons. The molecular formula is C19H21FN6O5S. The molecule has 0 atom stereocenters. The predicted octanol–water partition coefficient (Wildman–Crippen LogP) is 2.74. The molecule has 5 N–H and O–H groups in total. The summed E-state index contributed by atoms with van der Waals surface area (Å²) in [6.07, 6.45) is 0.964. The van der Waals surface area contributed by atoms with Gasteiger partial charge in [0.2, 0.25) is 11.7 Å². The SMILES string of the molecule is COc1cc(Nc2ncc(F)c(Nc3ccccc3NS(N)(=O)=O)n2)cc(OC)c1OC. The number of nitrogens with one attached hydrogen (secondary N) is 3. The summed E-state index contributed by atoms with van der Waals surface area (Å²) in [4.78, 5) is 8.05. The third-order valence-electron chi connectivity index (χ3n) is 4.10. The lowest BCUT2D eigenvalue weighted by Gasteiger charge is -2.15. The molecule has 3 rings (SSSR count). The van der Waals surface area contributed by atoms with E-state index in [-0.39, 0.29) is 23.1 Å². The fourth-order valence-corrected chi connectivity index (χ4v) is 3.24. The Morgan fingerprint density at radius 1 is 0.969 bits per heavy atom. The number of para-hydroxylation sites is 2. The zero-order valence-electron chi connectivity index (χ0n) is 17.3. The fourth-order valence-electron chi connectivity index (χ4n) is 2.76. The van der Waals surface area contributed by atoms with E-state index in [4.69, 9.17) is 19.3 Å². The molecule has 0 aliphatic heterocycles. The zero-order chi connectivity index (χ0) is 23.3. The van der Waals surface area contributed by atoms with Crippen molar-refractivity contribution in [1.82, 2.24) is 9.97 Å². The lowest BCUT2D eigenvalue weighted by atomic mass is 10.2. The number of aromatic nitrogens is 2. The van der Waals surface area contributed by atoms with Crippen molar-refractivity contribution in [2.75, 3.05) is 36.7 Å². The summed E-state index contributed by atoms with van der Waals surface area (Å²) in [5, 5.41) is 10.7. The van der Waals surface area contributed by atoms with Crippen molar-refractivity contribution >= 4 is 39.0 Å². The minimum atomic E-state index is -4.03. The lowest BCUT2D eigenvalue weighted by molar-refractivity contribution is 0.324. The van der Waals surface area contributed by atoms with E-state index in [1.807, 2.05) is 0 Å². The normalized spacial score (nSPS) is 10.9. The number of benzene rings is 2. The summed E-state index contributed by atoms with van der Waals surface area (Å²) >= 11 is 0. The first-order valence-corrected chi connectivity index (χ1v) is 10.5. The van der Waals surface area contributed by atoms with Gasteiger partial charge in [-0.2, -0.15) is 13.4 Å². The first-order valence-electron chi connectivity index (χ1n) is 9.00. The van der Waals surface area contributed by atoms with Crippen molar-refractivity contribution in [3.8, 4) is 17.2 Å². The van der Waals surface area contributed by atoms with Gasteiger partial charge in [0.05, 0.1) is 38.9 Å². The molecular weight excluding hydrogens is 443 g/mol. The predicted molar refractivity (Wildman–Crippen MR) is 118 cm³/mol. The minimum Gasteiger partial charge on any atom is -0.493 e. The quantitative estimate of drug-likeness (QED) is 0.375. The zero-order valence-corrected chi connectivity index (χ0v) is 18.2. The molecule has 2 aromatic carbocycles. The first-order chi connectivity index (χ1) is 15.2. The van der Waals surface area contributed by atoms with Gasteiger partial charge in [0.25, 0.3) is 10.2 Å². The third-order valence-corrected chi connectivity index (χ3v) is 4.60. The van der Waals surface area contributed by atoms with E-state index >= 15 is 0 Å². The molecule has 0 unspecified atom stereocenters. The molecule has 3 aromatic rings. The van der Waals surface area contributed by atoms with Gasteiger partial charge in [0.1, 0.15) is 0 Å². The molecule has 32 heavy (non-hydrogen) atoms. The highest BCUT2D eigenvalue weighted by Gasteiger charge is 2.15. The van der Waals surface area contributed by atoms with Crippen molar-refractivity contribution in [2.24, 2.45) is 5.14 Å². The van der Waals surface area contributed by atoms with Crippen LogP contribution in [0.1, 0.15) is 0 Å². The van der Waals surface area contributed by atoms with E-state index in [1.165, 1.54) is 33.5 Å². The van der Waals surface area contributed by atoms with Gasteiger partial charge in [0, 0.05) is 17.8 Å². The van der Waals surface area contributed by atoms with E-state index in [1.54, 1.807) is 24.3 Å². The molecule has 1 aromatic heterocycles. The molecule has 0 amide bonds. The second-order valence-corrected chi connectivity index (χ2v) is 7.54. The van der Waals surface area contributed by atoms with Gasteiger partial charge in [-0.05, 0) is 12.1 Å². The fraction of sp³-hybridized carbons (Fsp3) is 0.158. The summed E-state index contributed by atoms with van der Waals surface area (Å²) in [6.45, 7) is 0. The average Bonchev–Trinajstić information content (AvgIpc) is 2.75. The van der Waals surface area contributed by atoms with E-state index in [0.29, 0.717) is 22.9 Å². The molecule has 0 radical (unpaired) electrons. The third kappa shape index (κ3) is 5.44. The number of nitrogens with two attached hydrogens (primary N) is 1. The number of rotatable bonds is 9. The Hall–Kier alpha value is -3.84. The standard InChI is InChI=1S/C19H21FN6O5S/c1-29-15-8-11(9-16(30-2)17(15)31-3)23-19-22-10-12(20)18(25-19)24-13-6-4-5-7-14(13)26-32(21,27)28/h4-10,26H,1-3H3,(H2,21,27,28)(H2,22,23,24,25). The summed E-state index contributed by atoms with van der Waals surface area (Å²) < 4.78 is 55.2. The largest absolute Gasteiger partial charge is 0.493 e. The van der Waals surface area contributed by atoms with Crippen molar-refractivity contribution in [1.29, 1.82) is 0 Å². The van der Waals surface area contributed by atoms with Crippen LogP contribution in [-0.2, 0) is 10.2 Å². The number of ether oxygens (including phenoxy) is 3. The number of anilines is 5. The van der Waals surface area contributed by atoms with Crippen LogP contribution < -0.4 is 34.7 Å². The summed E-state index contributed by atoms with van der Waals surface area (Å²) in [5.74, 6) is 0.307. The van der Waals surface area contributed by atoms with Gasteiger partial charge in [-0.3, -0.25) is 4.72 Å². The highest BCUT2D eigenvalue weighted by Crippen LogP contribution is 2.40. The first kappa shape index (κ1) is 22.8. The second-order valence-electron chi connectivity index (χ2n) is 6.25. The van der Waals surface area contributed by atoms with Gasteiger partial charge in [-0.1, -0.05) is 12.1 Å². The Kier molecular flexibility index (Phi) is 6.80. The van der Waals surface area contributed by atoms with Crippen LogP contribution in [0, 0.1) is 5.82 Å². The van der Waals surface area contributed by atoms with Crippen molar-refractivity contribution in [3.63, 3.8) is 0 Å². The molecule has 0 spiro atoms. The van der Waals surface area contributed by atoms with Crippen molar-refractivity contribution in [3.05, 3.63) is 48.4 Å². The lowest BCUT2D eigenvalue weighted by Crippen LogP contribution is -2.22. The molecule has 11 nitrogen and oxygen atoms in total. The molecule has 0 saturated carbocycles. The summed E-state index contributed by atoms with van der Waals surface area (Å²) in [7, 11) is 0.404. The number of hydrogen-bond acceptors (Lipinski definition) is 9. The van der Waals surface area contributed by atoms with Crippen LogP contribution in [0.5, 0.6) is 17.2 Å². The van der Waals surface area contributed by atoms with Crippen LogP contribution in [0.15, 0.2) is 42.6 Å². The molecule has 1 heterocycles. The average molecular weight is 464 g/mol. The van der Waals surface area contributed by atoms with Gasteiger partial charge in [-0.15, -0.1) is 0 Å². The highest BCUT2D eigenvalue weighted by molar-refractivity contribution is 7.90. The van der Waals surface area contributed by atoms with Crippen LogP contribution in [0.4, 0.5) is 33.2 Å². The molecule has 0 saturated heterocycles. The van der Waals surface area contributed by atoms with Crippen LogP contribution in [-0.4, -0.2) is 39.7 Å². The Labute approximate surface area is 183 Å². The van der Waals surface area contributed by atoms with Gasteiger partial charge >= 0.3 is 0 Å². The van der Waals surface area contributed by atoms with Crippen molar-refractivity contribution < 1.29 is 27.0 Å². The highest BCUT2D eigenvalue weighted by atomic mass is 32.2. The Bertz CT molecular complexity index is 1200. The van der Waals surface area contributed by atoms with E-state index in [0.717, 1.165) is 6.20 Å². The Morgan fingerprint density at radius 2 is 1.59 bits per heavy atom. The van der Waals surface area contributed by atoms with Gasteiger partial charge < -0.3 is 24.8 Å². The van der Waals surface area contributed by atoms with Gasteiger partial charge in [0.15, 0.2) is 23.1 Å². The maximum absolute atomic E-state index is 14.4. The molecule has 0 aliphatic carbocycles. The second kappa shape index (κ2) is 9.53. The monoisotopic (exact) mass is 464 g/mol. The number of nitrogens with zero attached hydrogens (tertiary/aromatic N) is 2. The molecule has 0 bridgehead atoms. The van der Waals surface area contributed by atoms with Crippen molar-refractivity contribution in [2.45, 2.75) is 0 Å². The van der Waals surface area contributed by atoms with E-state index in [9.17, 15) is 12.8 Å². The maximum Gasteiger partial charge on any atom is 0.296 e. The smallest absolute Gasteiger partial charge is 0.296 e. The summed E-state index contributed by atoms with van der Waals surface area (Å²) in [6, 6.07) is 9.47. The Balaban J connectivity index is 1.91. The van der Waals surface area contributed by atoms with Crippen LogP contribution in [0.3, 0.4) is 0 Å². The van der Waals surface area contributed by atoms with E-state index < -0.39 is 16.0 Å². The maximum atomic E-state index is 14.4. The number of methoxy groups -OCH3 is 3. The number of halogens is 1. The van der Waals surface area contributed by atoms with Gasteiger partial charge in [-0.25, -0.2) is 14.5 Å². The molecule has 13 heteroatoms. The Morgan fingerprint density at radius 3 is 2.16 bits per heavy atom. The van der Waals surface area contributed by atoms with E-state index in [2.05, 4.69) is 25.3 Å². The van der Waals surface area contributed by atoms with Crippen LogP contribution >= 0.6 is 0 Å². The number of hydrogen-bond donors (Lipinski definition) is 4. The molecule has 0 aliphatic rings. The van der Waals surface area contributed by atoms with Crippen LogP contribution in [0.25, 0.3) is 0 Å². The minimum absolute atomic E-state index is 0.0556. The summed E-state index contributed by atoms with van der Waals surface area (Å²) in [5.41, 5.74) is 0.846.